The van der Waals surface area contributed by atoms with Crippen molar-refractivity contribution in [2.45, 2.75) is 0 Å². The number of carbonyl (C=O) groups excluding carboxylic acids is 2. The molecule has 0 spiro atoms. The Hall–Kier alpha value is -1.32. The molecular formula is C21H18BrCl2N3O2S2. The van der Waals surface area contributed by atoms with Gasteiger partial charge in [0.15, 0.2) is 0 Å². The van der Waals surface area contributed by atoms with E-state index in [0.29, 0.717) is 33.6 Å². The van der Waals surface area contributed by atoms with Gasteiger partial charge in [-0.05, 0) is 36.4 Å². The number of anilines is 2. The third-order valence-corrected chi connectivity index (χ3v) is 8.02. The minimum atomic E-state index is -0.477. The Labute approximate surface area is 208 Å². The molecule has 0 radical (unpaired) electrons. The van der Waals surface area contributed by atoms with Gasteiger partial charge in [0.25, 0.3) is 11.7 Å². The first-order valence-corrected chi connectivity index (χ1v) is 12.6. The number of piperazine rings is 1. The number of thiocarbonyl (C=S) groups is 1. The predicted molar refractivity (Wildman–Crippen MR) is 136 cm³/mol. The van der Waals surface area contributed by atoms with Crippen molar-refractivity contribution in [3.63, 3.8) is 0 Å². The summed E-state index contributed by atoms with van der Waals surface area (Å²) in [7, 11) is 0. The largest absolute Gasteiger partial charge is 0.368 e. The van der Waals surface area contributed by atoms with Gasteiger partial charge in [-0.3, -0.25) is 9.59 Å². The van der Waals surface area contributed by atoms with Crippen molar-refractivity contribution in [3.8, 4) is 0 Å². The van der Waals surface area contributed by atoms with Gasteiger partial charge < -0.3 is 14.7 Å². The molecule has 1 amide bonds. The fraction of sp³-hybridized carbons (Fsp3) is 0.286. The zero-order valence-corrected chi connectivity index (χ0v) is 21.0. The normalized spacial score (nSPS) is 16.2. The van der Waals surface area contributed by atoms with E-state index in [9.17, 15) is 9.59 Å². The van der Waals surface area contributed by atoms with Gasteiger partial charge in [-0.2, -0.15) is 0 Å². The molecule has 0 bridgehead atoms. The maximum absolute atomic E-state index is 12.4. The number of carbonyl (C=O) groups is 2. The number of benzene rings is 2. The van der Waals surface area contributed by atoms with Crippen LogP contribution in [0.4, 0.5) is 11.4 Å². The maximum Gasteiger partial charge on any atom is 0.299 e. The van der Waals surface area contributed by atoms with Gasteiger partial charge in [0.1, 0.15) is 4.32 Å². The number of Topliss-reactive ketones (excluding diaryl/α,β-unsaturated/α-hetero) is 1. The number of halogens is 3. The number of rotatable bonds is 4. The molecule has 0 atom stereocenters. The van der Waals surface area contributed by atoms with Gasteiger partial charge in [-0.1, -0.05) is 63.1 Å². The van der Waals surface area contributed by atoms with Crippen molar-refractivity contribution in [3.05, 3.63) is 56.5 Å². The SMILES string of the molecule is O=C1C(=O)N(CCSC(=S)N2CCN(c3ccc(Cl)c(Cl)c3)CC2)c2ccc(Br)cc21. The molecule has 2 aliphatic rings. The van der Waals surface area contributed by atoms with Crippen molar-refractivity contribution in [2.24, 2.45) is 0 Å². The summed E-state index contributed by atoms with van der Waals surface area (Å²) in [6.45, 7) is 3.72. The molecule has 1 saturated heterocycles. The summed E-state index contributed by atoms with van der Waals surface area (Å²) in [6, 6.07) is 11.0. The van der Waals surface area contributed by atoms with Crippen LogP contribution in [0.1, 0.15) is 10.4 Å². The highest BCUT2D eigenvalue weighted by Gasteiger charge is 2.35. The summed E-state index contributed by atoms with van der Waals surface area (Å²) in [5, 5.41) is 1.10. The first-order chi connectivity index (χ1) is 14.8. The van der Waals surface area contributed by atoms with Gasteiger partial charge >= 0.3 is 0 Å². The molecule has 0 aliphatic carbocycles. The van der Waals surface area contributed by atoms with Crippen molar-refractivity contribution in [1.82, 2.24) is 4.90 Å². The van der Waals surface area contributed by atoms with E-state index in [4.69, 9.17) is 35.4 Å². The van der Waals surface area contributed by atoms with Crippen LogP contribution in [0.5, 0.6) is 0 Å². The second-order valence-corrected chi connectivity index (χ2v) is 10.6. The van der Waals surface area contributed by atoms with Crippen LogP contribution in [0, 0.1) is 0 Å². The van der Waals surface area contributed by atoms with Crippen molar-refractivity contribution < 1.29 is 9.59 Å². The quantitative estimate of drug-likeness (QED) is 0.383. The Balaban J connectivity index is 1.28. The standard InChI is InChI=1S/C21H18BrCl2N3O2S2/c22-13-1-4-18-15(11-13)19(28)20(29)27(18)9-10-31-21(30)26-7-5-25(6-8-26)14-2-3-16(23)17(24)12-14/h1-4,11-12H,5-10H2. The van der Waals surface area contributed by atoms with E-state index in [1.54, 1.807) is 17.0 Å². The number of hydrogen-bond acceptors (Lipinski definition) is 5. The van der Waals surface area contributed by atoms with E-state index >= 15 is 0 Å². The molecule has 2 aliphatic heterocycles. The molecule has 0 N–H and O–H groups in total. The molecule has 2 aromatic carbocycles. The zero-order chi connectivity index (χ0) is 22.1. The molecule has 0 aromatic heterocycles. The summed E-state index contributed by atoms with van der Waals surface area (Å²) in [5.74, 6) is -0.308. The third-order valence-electron chi connectivity index (χ3n) is 5.28. The van der Waals surface area contributed by atoms with Gasteiger partial charge in [-0.15, -0.1) is 0 Å². The number of fused-ring (bicyclic) bond motifs is 1. The van der Waals surface area contributed by atoms with E-state index in [-0.39, 0.29) is 0 Å². The minimum Gasteiger partial charge on any atom is -0.368 e. The molecule has 10 heteroatoms. The highest BCUT2D eigenvalue weighted by molar-refractivity contribution is 9.10. The van der Waals surface area contributed by atoms with Crippen LogP contribution >= 0.6 is 63.1 Å². The van der Waals surface area contributed by atoms with E-state index in [1.165, 1.54) is 11.8 Å². The van der Waals surface area contributed by atoms with E-state index < -0.39 is 11.7 Å². The first kappa shape index (κ1) is 22.9. The average Bonchev–Trinajstić information content (AvgIpc) is 3.00. The summed E-state index contributed by atoms with van der Waals surface area (Å²) >= 11 is 22.6. The topological polar surface area (TPSA) is 43.9 Å². The Morgan fingerprint density at radius 3 is 2.48 bits per heavy atom. The molecule has 2 heterocycles. The van der Waals surface area contributed by atoms with Crippen LogP contribution in [0.2, 0.25) is 10.0 Å². The van der Waals surface area contributed by atoms with E-state index in [2.05, 4.69) is 25.7 Å². The van der Waals surface area contributed by atoms with E-state index in [0.717, 1.165) is 40.7 Å². The summed E-state index contributed by atoms with van der Waals surface area (Å²) in [5.41, 5.74) is 2.17. The molecule has 1 fully saturated rings. The second kappa shape index (κ2) is 9.67. The Bertz CT molecular complexity index is 1060. The van der Waals surface area contributed by atoms with Crippen molar-refractivity contribution >= 4 is 90.5 Å². The Morgan fingerprint density at radius 2 is 1.77 bits per heavy atom. The molecule has 0 saturated carbocycles. The van der Waals surface area contributed by atoms with Crippen LogP contribution in [-0.4, -0.2) is 59.4 Å². The number of thioether (sulfide) groups is 1. The fourth-order valence-corrected chi connectivity index (χ4v) is 5.54. The van der Waals surface area contributed by atoms with Crippen LogP contribution in [0.15, 0.2) is 40.9 Å². The molecule has 2 aromatic rings. The fourth-order valence-electron chi connectivity index (χ4n) is 3.64. The summed E-state index contributed by atoms with van der Waals surface area (Å²) in [4.78, 5) is 30.5. The Kier molecular flexibility index (Phi) is 7.13. The highest BCUT2D eigenvalue weighted by Crippen LogP contribution is 2.32. The highest BCUT2D eigenvalue weighted by atomic mass is 79.9. The third kappa shape index (κ3) is 4.88. The number of hydrogen-bond donors (Lipinski definition) is 0. The maximum atomic E-state index is 12.4. The monoisotopic (exact) mass is 557 g/mol. The minimum absolute atomic E-state index is 0.438. The number of nitrogens with zero attached hydrogens (tertiary/aromatic N) is 3. The summed E-state index contributed by atoms with van der Waals surface area (Å²) < 4.78 is 1.59. The van der Waals surface area contributed by atoms with E-state index in [1.807, 2.05) is 24.3 Å². The van der Waals surface area contributed by atoms with Gasteiger partial charge in [0.2, 0.25) is 0 Å². The number of ketones is 1. The predicted octanol–water partition coefficient (Wildman–Crippen LogP) is 5.13. The lowest BCUT2D eigenvalue weighted by Crippen LogP contribution is -2.47. The van der Waals surface area contributed by atoms with Gasteiger partial charge in [-0.25, -0.2) is 0 Å². The van der Waals surface area contributed by atoms with Crippen molar-refractivity contribution in [1.29, 1.82) is 0 Å². The number of amides is 1. The molecule has 0 unspecified atom stereocenters. The summed E-state index contributed by atoms with van der Waals surface area (Å²) in [6.07, 6.45) is 0. The smallest absolute Gasteiger partial charge is 0.299 e. The molecule has 31 heavy (non-hydrogen) atoms. The molecular weight excluding hydrogens is 541 g/mol. The second-order valence-electron chi connectivity index (χ2n) is 7.13. The van der Waals surface area contributed by atoms with Crippen molar-refractivity contribution in [2.75, 3.05) is 48.3 Å². The first-order valence-electron chi connectivity index (χ1n) is 9.62. The van der Waals surface area contributed by atoms with Gasteiger partial charge in [0, 0.05) is 48.6 Å². The van der Waals surface area contributed by atoms with Crippen LogP contribution in [-0.2, 0) is 4.79 Å². The lowest BCUT2D eigenvalue weighted by atomic mass is 10.1. The van der Waals surface area contributed by atoms with Gasteiger partial charge in [0.05, 0.1) is 21.3 Å². The van der Waals surface area contributed by atoms with Crippen LogP contribution < -0.4 is 9.80 Å². The van der Waals surface area contributed by atoms with Crippen LogP contribution in [0.3, 0.4) is 0 Å². The molecule has 162 valence electrons. The lowest BCUT2D eigenvalue weighted by molar-refractivity contribution is -0.114. The van der Waals surface area contributed by atoms with Crippen LogP contribution in [0.25, 0.3) is 0 Å². The average molecular weight is 559 g/mol. The zero-order valence-electron chi connectivity index (χ0n) is 16.3. The molecule has 5 nitrogen and oxygen atoms in total. The molecule has 4 rings (SSSR count). The Morgan fingerprint density at radius 1 is 1.03 bits per heavy atom. The lowest BCUT2D eigenvalue weighted by Gasteiger charge is -2.37.